The maximum atomic E-state index is 13.3. The van der Waals surface area contributed by atoms with Crippen LogP contribution in [0.15, 0.2) is 44.6 Å². The standard InChI is InChI=1S/C24H28N4O4/c1-13-12-18(29)19(21(30)32-13)14(2)27-28-22(31)24(5)11-10-15(23(24,3)4)20-25-16-8-6-7-9-17(16)26-20/h6-9,12,15,29H,10-11H2,1-5H3,(H,25,26)(H,28,31)/t15-,24+/m0/s1. The first-order chi connectivity index (χ1) is 15.0. The van der Waals surface area contributed by atoms with Crippen molar-refractivity contribution in [2.24, 2.45) is 15.9 Å². The van der Waals surface area contributed by atoms with Crippen molar-refractivity contribution < 1.29 is 14.3 Å². The molecule has 0 bridgehead atoms. The summed E-state index contributed by atoms with van der Waals surface area (Å²) in [4.78, 5) is 33.6. The summed E-state index contributed by atoms with van der Waals surface area (Å²) in [6, 6.07) is 9.23. The Balaban J connectivity index is 1.58. The number of carbonyl (C=O) groups is 1. The number of benzene rings is 1. The maximum absolute atomic E-state index is 13.3. The molecule has 0 radical (unpaired) electrons. The molecule has 1 amide bonds. The minimum Gasteiger partial charge on any atom is -0.507 e. The van der Waals surface area contributed by atoms with Crippen LogP contribution in [0.4, 0.5) is 0 Å². The SMILES string of the molecule is CC(=NNC(=O)[C@@]1(C)CC[C@@H](c2nc3ccccc3[nH]2)C1(C)C)c1c(O)cc(C)oc1=O. The molecule has 3 aromatic rings. The van der Waals surface area contributed by atoms with E-state index in [-0.39, 0.29) is 28.8 Å². The number of H-pyrrole nitrogens is 1. The molecule has 8 heteroatoms. The molecule has 8 nitrogen and oxygen atoms in total. The van der Waals surface area contributed by atoms with Crippen molar-refractivity contribution in [3.8, 4) is 5.75 Å². The maximum Gasteiger partial charge on any atom is 0.348 e. The first kappa shape index (κ1) is 21.8. The van der Waals surface area contributed by atoms with E-state index < -0.39 is 16.5 Å². The lowest BCUT2D eigenvalue weighted by Gasteiger charge is -2.39. The van der Waals surface area contributed by atoms with Gasteiger partial charge in [-0.25, -0.2) is 15.2 Å². The van der Waals surface area contributed by atoms with Crippen molar-refractivity contribution in [1.82, 2.24) is 15.4 Å². The van der Waals surface area contributed by atoms with Gasteiger partial charge in [-0.05, 0) is 44.2 Å². The van der Waals surface area contributed by atoms with E-state index in [1.54, 1.807) is 13.8 Å². The van der Waals surface area contributed by atoms with Crippen LogP contribution in [0.1, 0.15) is 63.6 Å². The molecule has 4 rings (SSSR count). The molecule has 0 aliphatic heterocycles. The molecule has 1 aliphatic carbocycles. The molecule has 1 saturated carbocycles. The van der Waals surface area contributed by atoms with Crippen LogP contribution in [0.25, 0.3) is 11.0 Å². The molecule has 0 spiro atoms. The van der Waals surface area contributed by atoms with Gasteiger partial charge in [0.15, 0.2) is 0 Å². The number of aromatic amines is 1. The van der Waals surface area contributed by atoms with Gasteiger partial charge in [0.1, 0.15) is 22.9 Å². The van der Waals surface area contributed by atoms with Crippen LogP contribution in [-0.2, 0) is 4.79 Å². The van der Waals surface area contributed by atoms with E-state index in [0.717, 1.165) is 23.3 Å². The van der Waals surface area contributed by atoms with Crippen LogP contribution in [0, 0.1) is 17.8 Å². The number of nitrogens with one attached hydrogen (secondary N) is 2. The van der Waals surface area contributed by atoms with Crippen LogP contribution < -0.4 is 11.1 Å². The van der Waals surface area contributed by atoms with Crippen LogP contribution in [-0.4, -0.2) is 26.7 Å². The third-order valence-corrected chi connectivity index (χ3v) is 7.21. The van der Waals surface area contributed by atoms with Gasteiger partial charge >= 0.3 is 5.63 Å². The van der Waals surface area contributed by atoms with Gasteiger partial charge in [0, 0.05) is 12.0 Å². The van der Waals surface area contributed by atoms with E-state index in [1.165, 1.54) is 6.07 Å². The monoisotopic (exact) mass is 436 g/mol. The van der Waals surface area contributed by atoms with Crippen molar-refractivity contribution in [3.63, 3.8) is 0 Å². The molecule has 168 valence electrons. The topological polar surface area (TPSA) is 121 Å². The summed E-state index contributed by atoms with van der Waals surface area (Å²) in [5.74, 6) is 0.784. The molecule has 0 unspecified atom stereocenters. The summed E-state index contributed by atoms with van der Waals surface area (Å²) in [6.07, 6.45) is 1.47. The second-order valence-electron chi connectivity index (χ2n) is 9.33. The highest BCUT2D eigenvalue weighted by atomic mass is 16.4. The predicted octanol–water partition coefficient (Wildman–Crippen LogP) is 3.98. The molecule has 2 atom stereocenters. The smallest absolute Gasteiger partial charge is 0.348 e. The van der Waals surface area contributed by atoms with Crippen molar-refractivity contribution in [2.75, 3.05) is 0 Å². The summed E-state index contributed by atoms with van der Waals surface area (Å²) in [6.45, 7) is 9.21. The first-order valence-corrected chi connectivity index (χ1v) is 10.7. The fraction of sp³-hybridized carbons (Fsp3) is 0.417. The molecular formula is C24H28N4O4. The zero-order valence-electron chi connectivity index (χ0n) is 18.9. The van der Waals surface area contributed by atoms with Gasteiger partial charge in [-0.1, -0.05) is 32.9 Å². The zero-order chi connectivity index (χ0) is 23.3. The highest BCUT2D eigenvalue weighted by Gasteiger charge is 2.57. The van der Waals surface area contributed by atoms with E-state index >= 15 is 0 Å². The van der Waals surface area contributed by atoms with Crippen molar-refractivity contribution in [1.29, 1.82) is 0 Å². The van der Waals surface area contributed by atoms with Gasteiger partial charge in [0.25, 0.3) is 0 Å². The Kier molecular flexibility index (Phi) is 5.19. The number of carbonyl (C=O) groups excluding carboxylic acids is 1. The number of hydrogen-bond donors (Lipinski definition) is 3. The average molecular weight is 437 g/mol. The first-order valence-electron chi connectivity index (χ1n) is 10.7. The fourth-order valence-electron chi connectivity index (χ4n) is 4.77. The molecule has 1 fully saturated rings. The summed E-state index contributed by atoms with van der Waals surface area (Å²) in [5, 5.41) is 14.2. The van der Waals surface area contributed by atoms with E-state index in [9.17, 15) is 14.7 Å². The second-order valence-corrected chi connectivity index (χ2v) is 9.33. The van der Waals surface area contributed by atoms with Gasteiger partial charge in [-0.15, -0.1) is 0 Å². The summed E-state index contributed by atoms with van der Waals surface area (Å²) >= 11 is 0. The Morgan fingerprint density at radius 2 is 2.03 bits per heavy atom. The molecule has 2 aromatic heterocycles. The lowest BCUT2D eigenvalue weighted by atomic mass is 9.65. The minimum atomic E-state index is -0.708. The Hall–Kier alpha value is -3.42. The zero-order valence-corrected chi connectivity index (χ0v) is 18.9. The van der Waals surface area contributed by atoms with Crippen molar-refractivity contribution in [2.45, 2.75) is 53.4 Å². The molecule has 2 heterocycles. The largest absolute Gasteiger partial charge is 0.507 e. The Labute approximate surface area is 185 Å². The van der Waals surface area contributed by atoms with Gasteiger partial charge in [0.2, 0.25) is 5.91 Å². The molecular weight excluding hydrogens is 408 g/mol. The van der Waals surface area contributed by atoms with E-state index in [2.05, 4.69) is 29.4 Å². The number of hydrazone groups is 1. The Morgan fingerprint density at radius 3 is 2.72 bits per heavy atom. The third-order valence-electron chi connectivity index (χ3n) is 7.21. The normalized spacial score (nSPS) is 22.9. The van der Waals surface area contributed by atoms with E-state index in [0.29, 0.717) is 12.2 Å². The number of hydrogen-bond acceptors (Lipinski definition) is 6. The summed E-state index contributed by atoms with van der Waals surface area (Å²) in [5.41, 5.74) is 2.81. The number of nitrogens with zero attached hydrogens (tertiary/aromatic N) is 2. The number of aromatic hydroxyl groups is 1. The minimum absolute atomic E-state index is 0.0631. The van der Waals surface area contributed by atoms with Gasteiger partial charge in [-0.2, -0.15) is 5.10 Å². The van der Waals surface area contributed by atoms with Crippen molar-refractivity contribution >= 4 is 22.7 Å². The molecule has 1 aliphatic rings. The van der Waals surface area contributed by atoms with Gasteiger partial charge < -0.3 is 14.5 Å². The average Bonchev–Trinajstić information content (AvgIpc) is 3.24. The molecule has 3 N–H and O–H groups in total. The van der Waals surface area contributed by atoms with Crippen LogP contribution in [0.2, 0.25) is 0 Å². The van der Waals surface area contributed by atoms with E-state index in [4.69, 9.17) is 9.40 Å². The lowest BCUT2D eigenvalue weighted by Crippen LogP contribution is -2.45. The fourth-order valence-corrected chi connectivity index (χ4v) is 4.77. The van der Waals surface area contributed by atoms with Gasteiger partial charge in [0.05, 0.1) is 22.2 Å². The number of fused-ring (bicyclic) bond motifs is 1. The van der Waals surface area contributed by atoms with Crippen LogP contribution in [0.3, 0.4) is 0 Å². The number of imidazole rings is 1. The Morgan fingerprint density at radius 1 is 1.31 bits per heavy atom. The lowest BCUT2D eigenvalue weighted by molar-refractivity contribution is -0.135. The number of para-hydroxylation sites is 2. The summed E-state index contributed by atoms with van der Waals surface area (Å²) in [7, 11) is 0. The van der Waals surface area contributed by atoms with E-state index in [1.807, 2.05) is 31.2 Å². The van der Waals surface area contributed by atoms with Crippen LogP contribution >= 0.6 is 0 Å². The van der Waals surface area contributed by atoms with Gasteiger partial charge in [-0.3, -0.25) is 4.79 Å². The number of aromatic nitrogens is 2. The molecule has 0 saturated heterocycles. The summed E-state index contributed by atoms with van der Waals surface area (Å²) < 4.78 is 5.04. The number of rotatable bonds is 4. The Bertz CT molecular complexity index is 1250. The molecule has 1 aromatic carbocycles. The quantitative estimate of drug-likeness (QED) is 0.422. The molecule has 32 heavy (non-hydrogen) atoms. The highest BCUT2D eigenvalue weighted by molar-refractivity contribution is 6.01. The number of amides is 1. The van der Waals surface area contributed by atoms with Crippen molar-refractivity contribution in [3.05, 3.63) is 57.9 Å². The predicted molar refractivity (Wildman–Crippen MR) is 122 cm³/mol. The van der Waals surface area contributed by atoms with Crippen LogP contribution in [0.5, 0.6) is 5.75 Å². The third kappa shape index (κ3) is 3.39. The second kappa shape index (κ2) is 7.62. The highest BCUT2D eigenvalue weighted by Crippen LogP contribution is 2.59. The number of aryl methyl sites for hydroxylation is 1.